The lowest BCUT2D eigenvalue weighted by atomic mass is 9.90. The van der Waals surface area contributed by atoms with E-state index < -0.39 is 11.6 Å². The van der Waals surface area contributed by atoms with Gasteiger partial charge in [0.1, 0.15) is 25.5 Å². The summed E-state index contributed by atoms with van der Waals surface area (Å²) >= 11 is 0. The van der Waals surface area contributed by atoms with E-state index in [1.54, 1.807) is 18.3 Å². The number of hydrogen-bond donors (Lipinski definition) is 0. The number of carbonyl (C=O) groups excluding carboxylic acids is 1. The first-order chi connectivity index (χ1) is 10.9. The predicted molar refractivity (Wildman–Crippen MR) is 85.2 cm³/mol. The summed E-state index contributed by atoms with van der Waals surface area (Å²) in [6.45, 7) is 5.51. The maximum absolute atomic E-state index is 12.7. The molecule has 0 saturated heterocycles. The molecule has 0 spiro atoms. The van der Waals surface area contributed by atoms with Crippen LogP contribution in [0.15, 0.2) is 42.1 Å². The number of ketones is 1. The van der Waals surface area contributed by atoms with Crippen LogP contribution in [0.4, 0.5) is 0 Å². The van der Waals surface area contributed by atoms with Gasteiger partial charge in [0.05, 0.1) is 6.21 Å². The Morgan fingerprint density at radius 3 is 2.78 bits per heavy atom. The second-order valence-corrected chi connectivity index (χ2v) is 5.95. The van der Waals surface area contributed by atoms with Gasteiger partial charge in [-0.3, -0.25) is 4.79 Å². The molecule has 0 aliphatic carbocycles. The van der Waals surface area contributed by atoms with Gasteiger partial charge in [-0.25, -0.2) is 9.67 Å². The van der Waals surface area contributed by atoms with Crippen LogP contribution < -0.4 is 4.74 Å². The molecule has 1 aromatic carbocycles. The van der Waals surface area contributed by atoms with E-state index in [1.165, 1.54) is 24.4 Å². The van der Waals surface area contributed by atoms with E-state index in [1.807, 2.05) is 32.9 Å². The van der Waals surface area contributed by atoms with Crippen LogP contribution in [0.25, 0.3) is 0 Å². The average molecular weight is 316 g/mol. The van der Waals surface area contributed by atoms with Crippen LogP contribution in [0.3, 0.4) is 0 Å². The smallest absolute Gasteiger partial charge is 0.252 e. The molecule has 1 aromatic heterocycles. The number of carbonyl (C=O) groups is 1. The molecule has 0 saturated carbocycles. The fraction of sp³-hybridized carbons (Fsp3) is 0.375. The summed E-state index contributed by atoms with van der Waals surface area (Å²) in [6.07, 6.45) is 3.51. The van der Waals surface area contributed by atoms with Gasteiger partial charge in [-0.15, -0.1) is 0 Å². The average Bonchev–Trinajstić information content (AvgIpc) is 3.03. The molecule has 122 valence electrons. The first kappa shape index (κ1) is 16.7. The minimum absolute atomic E-state index is 0.0982. The zero-order chi connectivity index (χ0) is 16.9. The zero-order valence-corrected chi connectivity index (χ0v) is 13.6. The van der Waals surface area contributed by atoms with Crippen molar-refractivity contribution in [3.8, 4) is 5.75 Å². The van der Waals surface area contributed by atoms with Crippen molar-refractivity contribution in [1.29, 1.82) is 0 Å². The lowest BCUT2D eigenvalue weighted by Crippen LogP contribution is -2.34. The van der Waals surface area contributed by atoms with Gasteiger partial charge in [-0.05, 0) is 17.7 Å². The van der Waals surface area contributed by atoms with Crippen molar-refractivity contribution in [1.82, 2.24) is 14.8 Å². The van der Waals surface area contributed by atoms with Crippen LogP contribution in [-0.2, 0) is 9.63 Å². The normalized spacial score (nSPS) is 13.0. The quantitative estimate of drug-likeness (QED) is 0.604. The standard InChI is InChI=1S/C16H20N4O3/c1-16(2,3)14(21)15(20-11-17-10-18-20)23-13-7-5-6-12(8-13)9-19-22-4/h5-11,15H,1-4H3. The van der Waals surface area contributed by atoms with Crippen molar-refractivity contribution in [3.63, 3.8) is 0 Å². The van der Waals surface area contributed by atoms with Gasteiger partial charge >= 0.3 is 0 Å². The Balaban J connectivity index is 2.28. The molecule has 0 amide bonds. The third kappa shape index (κ3) is 4.38. The Bertz CT molecular complexity index is 675. The second-order valence-electron chi connectivity index (χ2n) is 5.95. The van der Waals surface area contributed by atoms with Crippen LogP contribution in [0, 0.1) is 5.41 Å². The molecule has 1 heterocycles. The minimum atomic E-state index is -0.882. The molecule has 1 atom stereocenters. The van der Waals surface area contributed by atoms with Crippen LogP contribution in [-0.4, -0.2) is 33.9 Å². The number of nitrogens with zero attached hydrogens (tertiary/aromatic N) is 4. The first-order valence-corrected chi connectivity index (χ1v) is 7.13. The predicted octanol–water partition coefficient (Wildman–Crippen LogP) is 2.45. The summed E-state index contributed by atoms with van der Waals surface area (Å²) < 4.78 is 7.28. The summed E-state index contributed by atoms with van der Waals surface area (Å²) in [5.41, 5.74) is 0.219. The van der Waals surface area contributed by atoms with Crippen molar-refractivity contribution in [2.75, 3.05) is 7.11 Å². The van der Waals surface area contributed by atoms with Crippen molar-refractivity contribution in [3.05, 3.63) is 42.5 Å². The van der Waals surface area contributed by atoms with E-state index in [9.17, 15) is 4.79 Å². The number of Topliss-reactive ketones (excluding diaryl/α,β-unsaturated/α-hetero) is 1. The van der Waals surface area contributed by atoms with Gasteiger partial charge in [-0.1, -0.05) is 38.1 Å². The van der Waals surface area contributed by atoms with Crippen molar-refractivity contribution in [2.45, 2.75) is 27.0 Å². The minimum Gasteiger partial charge on any atom is -0.461 e. The van der Waals surface area contributed by atoms with E-state index >= 15 is 0 Å². The third-order valence-corrected chi connectivity index (χ3v) is 3.05. The maximum atomic E-state index is 12.7. The Morgan fingerprint density at radius 2 is 2.17 bits per heavy atom. The van der Waals surface area contributed by atoms with E-state index in [2.05, 4.69) is 20.1 Å². The second kappa shape index (κ2) is 7.04. The summed E-state index contributed by atoms with van der Waals surface area (Å²) in [4.78, 5) is 21.2. The highest BCUT2D eigenvalue weighted by Gasteiger charge is 2.33. The van der Waals surface area contributed by atoms with E-state index in [0.29, 0.717) is 5.75 Å². The number of aromatic nitrogens is 3. The van der Waals surface area contributed by atoms with E-state index in [4.69, 9.17) is 4.74 Å². The molecule has 7 nitrogen and oxygen atoms in total. The molecule has 0 aliphatic rings. The summed E-state index contributed by atoms with van der Waals surface area (Å²) in [6, 6.07) is 7.20. The van der Waals surface area contributed by atoms with Crippen molar-refractivity contribution < 1.29 is 14.4 Å². The van der Waals surface area contributed by atoms with Gasteiger partial charge < -0.3 is 9.57 Å². The molecule has 0 aliphatic heterocycles. The Hall–Kier alpha value is -2.70. The summed E-state index contributed by atoms with van der Waals surface area (Å²) in [5, 5.41) is 7.74. The van der Waals surface area contributed by atoms with Gasteiger partial charge in [-0.2, -0.15) is 5.10 Å². The number of ether oxygens (including phenoxy) is 1. The molecule has 0 fully saturated rings. The maximum Gasteiger partial charge on any atom is 0.252 e. The fourth-order valence-electron chi connectivity index (χ4n) is 1.85. The Kier molecular flexibility index (Phi) is 5.10. The molecule has 2 rings (SSSR count). The summed E-state index contributed by atoms with van der Waals surface area (Å²) in [7, 11) is 1.47. The molecule has 0 bridgehead atoms. The molecule has 0 N–H and O–H groups in total. The Labute approximate surface area is 134 Å². The van der Waals surface area contributed by atoms with Crippen LogP contribution in [0.1, 0.15) is 32.6 Å². The van der Waals surface area contributed by atoms with Gasteiger partial charge in [0, 0.05) is 5.41 Å². The molecule has 7 heteroatoms. The molecular formula is C16H20N4O3. The molecule has 23 heavy (non-hydrogen) atoms. The SMILES string of the molecule is CON=Cc1cccc(OC(C(=O)C(C)(C)C)n2cncn2)c1. The summed E-state index contributed by atoms with van der Waals surface area (Å²) in [5.74, 6) is 0.433. The highest BCUT2D eigenvalue weighted by atomic mass is 16.6. The highest BCUT2D eigenvalue weighted by molar-refractivity contribution is 5.86. The van der Waals surface area contributed by atoms with Gasteiger partial charge in [0.2, 0.25) is 5.78 Å². The third-order valence-electron chi connectivity index (χ3n) is 3.05. The Morgan fingerprint density at radius 1 is 1.39 bits per heavy atom. The largest absolute Gasteiger partial charge is 0.461 e. The topological polar surface area (TPSA) is 78.6 Å². The van der Waals surface area contributed by atoms with Crippen molar-refractivity contribution >= 4 is 12.0 Å². The molecule has 0 radical (unpaired) electrons. The van der Waals surface area contributed by atoms with E-state index in [0.717, 1.165) is 5.56 Å². The van der Waals surface area contributed by atoms with Crippen molar-refractivity contribution in [2.24, 2.45) is 10.6 Å². The lowest BCUT2D eigenvalue weighted by Gasteiger charge is -2.25. The van der Waals surface area contributed by atoms with Crippen LogP contribution in [0.5, 0.6) is 5.75 Å². The molecule has 1 unspecified atom stereocenters. The van der Waals surface area contributed by atoms with Gasteiger partial charge in [0.25, 0.3) is 6.23 Å². The fourth-order valence-corrected chi connectivity index (χ4v) is 1.85. The lowest BCUT2D eigenvalue weighted by molar-refractivity contribution is -0.138. The number of rotatable bonds is 6. The van der Waals surface area contributed by atoms with E-state index in [-0.39, 0.29) is 5.78 Å². The number of benzene rings is 1. The molecule has 2 aromatic rings. The van der Waals surface area contributed by atoms with Crippen LogP contribution >= 0.6 is 0 Å². The monoisotopic (exact) mass is 316 g/mol. The van der Waals surface area contributed by atoms with Gasteiger partial charge in [0.15, 0.2) is 0 Å². The highest BCUT2D eigenvalue weighted by Crippen LogP contribution is 2.26. The number of oxime groups is 1. The first-order valence-electron chi connectivity index (χ1n) is 7.13. The number of hydrogen-bond acceptors (Lipinski definition) is 6. The zero-order valence-electron chi connectivity index (χ0n) is 13.6. The molecular weight excluding hydrogens is 296 g/mol. The van der Waals surface area contributed by atoms with Crippen LogP contribution in [0.2, 0.25) is 0 Å².